The summed E-state index contributed by atoms with van der Waals surface area (Å²) in [5.74, 6) is 0.901. The number of ether oxygens (including phenoxy) is 2. The Hall–Kier alpha value is -1.02. The van der Waals surface area contributed by atoms with Gasteiger partial charge in [-0.3, -0.25) is 0 Å². The van der Waals surface area contributed by atoms with Crippen LogP contribution >= 0.6 is 0 Å². The van der Waals surface area contributed by atoms with Gasteiger partial charge in [0.05, 0.1) is 6.10 Å². The second kappa shape index (κ2) is 5.90. The van der Waals surface area contributed by atoms with Crippen LogP contribution in [0.3, 0.4) is 0 Å². The maximum atomic E-state index is 5.68. The number of para-hydroxylation sites is 1. The van der Waals surface area contributed by atoms with Crippen molar-refractivity contribution in [2.24, 2.45) is 5.41 Å². The van der Waals surface area contributed by atoms with E-state index in [0.717, 1.165) is 12.2 Å². The molecule has 0 spiro atoms. The lowest BCUT2D eigenvalue weighted by Crippen LogP contribution is -2.26. The lowest BCUT2D eigenvalue weighted by molar-refractivity contribution is 0.0294. The van der Waals surface area contributed by atoms with E-state index in [9.17, 15) is 0 Å². The van der Waals surface area contributed by atoms with Gasteiger partial charge in [-0.25, -0.2) is 0 Å². The van der Waals surface area contributed by atoms with Gasteiger partial charge in [-0.05, 0) is 24.0 Å². The van der Waals surface area contributed by atoms with E-state index >= 15 is 0 Å². The fourth-order valence-corrected chi connectivity index (χ4v) is 1.60. The van der Waals surface area contributed by atoms with Crippen LogP contribution in [0.1, 0.15) is 27.2 Å². The Morgan fingerprint density at radius 1 is 1.12 bits per heavy atom. The summed E-state index contributed by atoms with van der Waals surface area (Å²) < 4.78 is 11.1. The quantitative estimate of drug-likeness (QED) is 0.759. The van der Waals surface area contributed by atoms with Crippen LogP contribution in [0, 0.1) is 5.41 Å². The van der Waals surface area contributed by atoms with Crippen LogP contribution in [0.25, 0.3) is 0 Å². The molecule has 16 heavy (non-hydrogen) atoms. The van der Waals surface area contributed by atoms with Crippen molar-refractivity contribution in [3.05, 3.63) is 30.3 Å². The molecular formula is C14H22O2. The average molecular weight is 222 g/mol. The summed E-state index contributed by atoms with van der Waals surface area (Å²) in [5.41, 5.74) is 0.265. The normalized spacial score (nSPS) is 13.5. The number of hydrogen-bond acceptors (Lipinski definition) is 2. The van der Waals surface area contributed by atoms with E-state index < -0.39 is 0 Å². The summed E-state index contributed by atoms with van der Waals surface area (Å²) in [4.78, 5) is 0. The highest BCUT2D eigenvalue weighted by molar-refractivity contribution is 5.20. The summed E-state index contributed by atoms with van der Waals surface area (Å²) in [6.07, 6.45) is 1.15. The summed E-state index contributed by atoms with van der Waals surface area (Å²) in [6, 6.07) is 9.85. The van der Waals surface area contributed by atoms with Gasteiger partial charge in [0.1, 0.15) is 12.4 Å². The van der Waals surface area contributed by atoms with E-state index in [2.05, 4.69) is 20.8 Å². The second-order valence-corrected chi connectivity index (χ2v) is 5.25. The first-order valence-corrected chi connectivity index (χ1v) is 5.72. The first kappa shape index (κ1) is 13.0. The third-order valence-electron chi connectivity index (χ3n) is 2.35. The molecule has 1 atom stereocenters. The van der Waals surface area contributed by atoms with Crippen molar-refractivity contribution in [3.63, 3.8) is 0 Å². The van der Waals surface area contributed by atoms with Crippen molar-refractivity contribution >= 4 is 0 Å². The van der Waals surface area contributed by atoms with Crippen LogP contribution in [-0.2, 0) is 4.74 Å². The molecule has 1 aromatic carbocycles. The molecule has 0 aliphatic carbocycles. The summed E-state index contributed by atoms with van der Waals surface area (Å²) in [7, 11) is 1.74. The molecule has 0 saturated heterocycles. The summed E-state index contributed by atoms with van der Waals surface area (Å²) in [6.45, 7) is 7.24. The predicted molar refractivity (Wildman–Crippen MR) is 66.8 cm³/mol. The third kappa shape index (κ3) is 5.17. The standard InChI is InChI=1S/C14H22O2/c1-14(2,3)10-13(15-4)11-16-12-8-6-5-7-9-12/h5-9,13H,10-11H2,1-4H3. The molecule has 90 valence electrons. The molecule has 0 aliphatic heterocycles. The smallest absolute Gasteiger partial charge is 0.119 e. The Bertz CT molecular complexity index is 287. The van der Waals surface area contributed by atoms with Gasteiger partial charge in [0.2, 0.25) is 0 Å². The van der Waals surface area contributed by atoms with Crippen molar-refractivity contribution in [1.29, 1.82) is 0 Å². The van der Waals surface area contributed by atoms with Gasteiger partial charge < -0.3 is 9.47 Å². The molecule has 2 nitrogen and oxygen atoms in total. The van der Waals surface area contributed by atoms with Crippen molar-refractivity contribution in [1.82, 2.24) is 0 Å². The molecular weight excluding hydrogens is 200 g/mol. The Morgan fingerprint density at radius 3 is 2.25 bits per heavy atom. The van der Waals surface area contributed by atoms with Gasteiger partial charge in [0, 0.05) is 7.11 Å². The van der Waals surface area contributed by atoms with Crippen LogP contribution in [0.2, 0.25) is 0 Å². The van der Waals surface area contributed by atoms with Crippen molar-refractivity contribution in [2.75, 3.05) is 13.7 Å². The zero-order chi connectivity index (χ0) is 12.0. The van der Waals surface area contributed by atoms with Crippen LogP contribution < -0.4 is 4.74 Å². The van der Waals surface area contributed by atoms with E-state index in [0.29, 0.717) is 6.61 Å². The molecule has 0 aliphatic rings. The molecule has 0 aromatic heterocycles. The van der Waals surface area contributed by atoms with Gasteiger partial charge in [0.25, 0.3) is 0 Å². The highest BCUT2D eigenvalue weighted by Crippen LogP contribution is 2.22. The van der Waals surface area contributed by atoms with Crippen LogP contribution in [0.4, 0.5) is 0 Å². The Labute approximate surface area is 98.6 Å². The van der Waals surface area contributed by atoms with Crippen molar-refractivity contribution in [3.8, 4) is 5.75 Å². The number of rotatable bonds is 5. The van der Waals surface area contributed by atoms with E-state index in [-0.39, 0.29) is 11.5 Å². The SMILES string of the molecule is COC(COc1ccccc1)CC(C)(C)C. The maximum Gasteiger partial charge on any atom is 0.119 e. The molecule has 1 unspecified atom stereocenters. The summed E-state index contributed by atoms with van der Waals surface area (Å²) >= 11 is 0. The average Bonchev–Trinajstić information content (AvgIpc) is 2.24. The van der Waals surface area contributed by atoms with E-state index in [1.807, 2.05) is 30.3 Å². The van der Waals surface area contributed by atoms with Gasteiger partial charge in [-0.1, -0.05) is 39.0 Å². The molecule has 1 rings (SSSR count). The molecule has 0 N–H and O–H groups in total. The highest BCUT2D eigenvalue weighted by atomic mass is 16.5. The summed E-state index contributed by atoms with van der Waals surface area (Å²) in [5, 5.41) is 0. The minimum absolute atomic E-state index is 0.153. The first-order chi connectivity index (χ1) is 7.51. The van der Waals surface area contributed by atoms with Crippen LogP contribution in [0.5, 0.6) is 5.75 Å². The highest BCUT2D eigenvalue weighted by Gasteiger charge is 2.18. The Kier molecular flexibility index (Phi) is 4.81. The number of hydrogen-bond donors (Lipinski definition) is 0. The maximum absolute atomic E-state index is 5.68. The van der Waals surface area contributed by atoms with Crippen LogP contribution in [-0.4, -0.2) is 19.8 Å². The molecule has 0 fully saturated rings. The lowest BCUT2D eigenvalue weighted by atomic mass is 9.89. The molecule has 0 amide bonds. The molecule has 0 saturated carbocycles. The second-order valence-electron chi connectivity index (χ2n) is 5.25. The molecule has 0 radical (unpaired) electrons. The van der Waals surface area contributed by atoms with Gasteiger partial charge >= 0.3 is 0 Å². The van der Waals surface area contributed by atoms with E-state index in [1.54, 1.807) is 7.11 Å². The zero-order valence-corrected chi connectivity index (χ0v) is 10.7. The van der Waals surface area contributed by atoms with Gasteiger partial charge in [0.15, 0.2) is 0 Å². The Balaban J connectivity index is 2.40. The predicted octanol–water partition coefficient (Wildman–Crippen LogP) is 3.52. The first-order valence-electron chi connectivity index (χ1n) is 5.72. The van der Waals surface area contributed by atoms with Gasteiger partial charge in [-0.2, -0.15) is 0 Å². The molecule has 1 aromatic rings. The van der Waals surface area contributed by atoms with Crippen molar-refractivity contribution in [2.45, 2.75) is 33.3 Å². The minimum atomic E-state index is 0.153. The zero-order valence-electron chi connectivity index (χ0n) is 10.7. The largest absolute Gasteiger partial charge is 0.491 e. The van der Waals surface area contributed by atoms with E-state index in [4.69, 9.17) is 9.47 Å². The fourth-order valence-electron chi connectivity index (χ4n) is 1.60. The third-order valence-corrected chi connectivity index (χ3v) is 2.35. The van der Waals surface area contributed by atoms with Gasteiger partial charge in [-0.15, -0.1) is 0 Å². The van der Waals surface area contributed by atoms with Crippen molar-refractivity contribution < 1.29 is 9.47 Å². The molecule has 2 heteroatoms. The van der Waals surface area contributed by atoms with Crippen LogP contribution in [0.15, 0.2) is 30.3 Å². The Morgan fingerprint density at radius 2 is 1.75 bits per heavy atom. The minimum Gasteiger partial charge on any atom is -0.491 e. The monoisotopic (exact) mass is 222 g/mol. The van der Waals surface area contributed by atoms with E-state index in [1.165, 1.54) is 0 Å². The molecule has 0 heterocycles. The number of methoxy groups -OCH3 is 1. The fraction of sp³-hybridized carbons (Fsp3) is 0.571. The lowest BCUT2D eigenvalue weighted by Gasteiger charge is -2.25. The topological polar surface area (TPSA) is 18.5 Å². The molecule has 0 bridgehead atoms. The number of benzene rings is 1.